The molecule has 0 aromatic carbocycles. The molecule has 2 amide bonds. The molecule has 0 spiro atoms. The first-order chi connectivity index (χ1) is 12.8. The zero-order valence-corrected chi connectivity index (χ0v) is 15.9. The van der Waals surface area contributed by atoms with E-state index in [9.17, 15) is 14.4 Å². The molecular formula is C19H26N2O6. The Hall–Kier alpha value is -2.35. The predicted molar refractivity (Wildman–Crippen MR) is 94.4 cm³/mol. The number of furan rings is 1. The number of morpholine rings is 1. The molecule has 1 aromatic rings. The molecule has 8 heteroatoms. The molecule has 2 saturated heterocycles. The zero-order chi connectivity index (χ0) is 19.6. The Morgan fingerprint density at radius 3 is 2.59 bits per heavy atom. The maximum absolute atomic E-state index is 12.6. The average Bonchev–Trinajstić information content (AvgIpc) is 3.24. The number of amides is 2. The minimum Gasteiger partial charge on any atom is -0.467 e. The van der Waals surface area contributed by atoms with Crippen molar-refractivity contribution in [2.24, 2.45) is 5.92 Å². The summed E-state index contributed by atoms with van der Waals surface area (Å²) >= 11 is 0. The summed E-state index contributed by atoms with van der Waals surface area (Å²) in [6, 6.07) is 3.53. The van der Waals surface area contributed by atoms with E-state index >= 15 is 0 Å². The van der Waals surface area contributed by atoms with Crippen LogP contribution in [0.4, 0.5) is 0 Å². The standard InChI is InChI=1S/C19H26N2O6/c1-12-8-21(9-13(2)26-12)18(23)14(3)27-19(24)15-7-17(22)20(10-15)11-16-5-4-6-25-16/h4-6,12-15H,7-11H2,1-3H3/t12-,13+,14-,15+/m1/s1. The lowest BCUT2D eigenvalue weighted by Crippen LogP contribution is -2.51. The van der Waals surface area contributed by atoms with Gasteiger partial charge in [-0.1, -0.05) is 0 Å². The Balaban J connectivity index is 1.52. The summed E-state index contributed by atoms with van der Waals surface area (Å²) < 4.78 is 16.3. The Labute approximate surface area is 158 Å². The van der Waals surface area contributed by atoms with Crippen LogP contribution in [-0.2, 0) is 30.4 Å². The number of rotatable bonds is 5. The van der Waals surface area contributed by atoms with Crippen molar-refractivity contribution in [3.63, 3.8) is 0 Å². The topological polar surface area (TPSA) is 89.3 Å². The van der Waals surface area contributed by atoms with Gasteiger partial charge in [-0.3, -0.25) is 14.4 Å². The maximum atomic E-state index is 12.6. The van der Waals surface area contributed by atoms with Crippen molar-refractivity contribution in [3.05, 3.63) is 24.2 Å². The summed E-state index contributed by atoms with van der Waals surface area (Å²) in [4.78, 5) is 40.4. The van der Waals surface area contributed by atoms with Gasteiger partial charge in [-0.25, -0.2) is 0 Å². The average molecular weight is 378 g/mol. The third-order valence-corrected chi connectivity index (χ3v) is 4.85. The van der Waals surface area contributed by atoms with Crippen molar-refractivity contribution in [2.75, 3.05) is 19.6 Å². The second-order valence-corrected chi connectivity index (χ2v) is 7.33. The molecule has 2 fully saturated rings. The van der Waals surface area contributed by atoms with Crippen LogP contribution in [0.5, 0.6) is 0 Å². The molecule has 0 bridgehead atoms. The molecule has 2 aliphatic heterocycles. The Morgan fingerprint density at radius 2 is 1.96 bits per heavy atom. The lowest BCUT2D eigenvalue weighted by Gasteiger charge is -2.36. The Kier molecular flexibility index (Phi) is 5.84. The van der Waals surface area contributed by atoms with E-state index in [1.807, 2.05) is 13.8 Å². The van der Waals surface area contributed by atoms with Gasteiger partial charge in [-0.05, 0) is 32.9 Å². The molecule has 8 nitrogen and oxygen atoms in total. The van der Waals surface area contributed by atoms with Crippen LogP contribution in [0.2, 0.25) is 0 Å². The van der Waals surface area contributed by atoms with Gasteiger partial charge in [0.15, 0.2) is 6.10 Å². The van der Waals surface area contributed by atoms with E-state index in [-0.39, 0.29) is 37.0 Å². The van der Waals surface area contributed by atoms with Crippen LogP contribution in [0, 0.1) is 5.92 Å². The van der Waals surface area contributed by atoms with Crippen molar-refractivity contribution in [1.29, 1.82) is 0 Å². The first kappa shape index (κ1) is 19.4. The molecule has 3 heterocycles. The fourth-order valence-corrected chi connectivity index (χ4v) is 3.61. The van der Waals surface area contributed by atoms with Crippen molar-refractivity contribution in [2.45, 2.75) is 52.0 Å². The summed E-state index contributed by atoms with van der Waals surface area (Å²) in [6.45, 7) is 6.93. The van der Waals surface area contributed by atoms with Crippen molar-refractivity contribution in [1.82, 2.24) is 9.80 Å². The number of ether oxygens (including phenoxy) is 2. The van der Waals surface area contributed by atoms with Crippen LogP contribution in [0.25, 0.3) is 0 Å². The van der Waals surface area contributed by atoms with Gasteiger partial charge in [0.05, 0.1) is 30.9 Å². The lowest BCUT2D eigenvalue weighted by molar-refractivity contribution is -0.166. The van der Waals surface area contributed by atoms with Gasteiger partial charge in [-0.2, -0.15) is 0 Å². The fraction of sp³-hybridized carbons (Fsp3) is 0.632. The van der Waals surface area contributed by atoms with Crippen LogP contribution in [-0.4, -0.2) is 65.5 Å². The summed E-state index contributed by atoms with van der Waals surface area (Å²) in [6.07, 6.45) is 0.643. The Bertz CT molecular complexity index is 678. The number of hydrogen-bond acceptors (Lipinski definition) is 6. The third kappa shape index (κ3) is 4.68. The van der Waals surface area contributed by atoms with E-state index in [1.54, 1.807) is 35.1 Å². The normalized spacial score (nSPS) is 26.9. The first-order valence-corrected chi connectivity index (χ1v) is 9.28. The molecule has 0 N–H and O–H groups in total. The SMILES string of the molecule is C[C@@H]1CN(C(=O)[C@@H](C)OC(=O)[C@H]2CC(=O)N(Cc3ccco3)C2)C[C@H](C)O1. The van der Waals surface area contributed by atoms with E-state index in [1.165, 1.54) is 0 Å². The molecule has 0 unspecified atom stereocenters. The smallest absolute Gasteiger partial charge is 0.312 e. The van der Waals surface area contributed by atoms with E-state index in [4.69, 9.17) is 13.9 Å². The maximum Gasteiger partial charge on any atom is 0.312 e. The van der Waals surface area contributed by atoms with Crippen LogP contribution >= 0.6 is 0 Å². The molecule has 0 aliphatic carbocycles. The molecule has 148 valence electrons. The zero-order valence-electron chi connectivity index (χ0n) is 15.9. The fourth-order valence-electron chi connectivity index (χ4n) is 3.61. The largest absolute Gasteiger partial charge is 0.467 e. The Morgan fingerprint density at radius 1 is 1.26 bits per heavy atom. The minimum atomic E-state index is -0.885. The molecule has 2 aliphatic rings. The number of likely N-dealkylation sites (tertiary alicyclic amines) is 1. The number of carbonyl (C=O) groups is 3. The second kappa shape index (κ2) is 8.12. The van der Waals surface area contributed by atoms with Gasteiger partial charge in [0.2, 0.25) is 5.91 Å². The summed E-state index contributed by atoms with van der Waals surface area (Å²) in [5.41, 5.74) is 0. The van der Waals surface area contributed by atoms with Crippen molar-refractivity contribution in [3.8, 4) is 0 Å². The van der Waals surface area contributed by atoms with Gasteiger partial charge in [0.1, 0.15) is 5.76 Å². The van der Waals surface area contributed by atoms with Crippen LogP contribution < -0.4 is 0 Å². The highest BCUT2D eigenvalue weighted by Gasteiger charge is 2.38. The highest BCUT2D eigenvalue weighted by atomic mass is 16.5. The monoisotopic (exact) mass is 378 g/mol. The van der Waals surface area contributed by atoms with Crippen LogP contribution in [0.1, 0.15) is 33.0 Å². The molecule has 0 saturated carbocycles. The van der Waals surface area contributed by atoms with E-state index in [0.717, 1.165) is 0 Å². The van der Waals surface area contributed by atoms with Crippen molar-refractivity contribution < 1.29 is 28.3 Å². The van der Waals surface area contributed by atoms with E-state index in [0.29, 0.717) is 25.4 Å². The molecule has 3 rings (SSSR count). The number of nitrogens with zero attached hydrogens (tertiary/aromatic N) is 2. The third-order valence-electron chi connectivity index (χ3n) is 4.85. The summed E-state index contributed by atoms with van der Waals surface area (Å²) in [7, 11) is 0. The van der Waals surface area contributed by atoms with E-state index < -0.39 is 18.0 Å². The number of hydrogen-bond donors (Lipinski definition) is 0. The quantitative estimate of drug-likeness (QED) is 0.715. The van der Waals surface area contributed by atoms with Crippen LogP contribution in [0.15, 0.2) is 22.8 Å². The van der Waals surface area contributed by atoms with Gasteiger partial charge >= 0.3 is 5.97 Å². The number of carbonyl (C=O) groups excluding carboxylic acids is 3. The van der Waals surface area contributed by atoms with E-state index in [2.05, 4.69) is 0 Å². The summed E-state index contributed by atoms with van der Waals surface area (Å²) in [5.74, 6) is -0.771. The molecule has 4 atom stereocenters. The summed E-state index contributed by atoms with van der Waals surface area (Å²) in [5, 5.41) is 0. The predicted octanol–water partition coefficient (Wildman–Crippen LogP) is 1.20. The van der Waals surface area contributed by atoms with Crippen LogP contribution in [0.3, 0.4) is 0 Å². The van der Waals surface area contributed by atoms with Crippen molar-refractivity contribution >= 4 is 17.8 Å². The molecule has 1 aromatic heterocycles. The van der Waals surface area contributed by atoms with Gasteiger partial charge < -0.3 is 23.7 Å². The molecule has 0 radical (unpaired) electrons. The molecule has 27 heavy (non-hydrogen) atoms. The highest BCUT2D eigenvalue weighted by molar-refractivity contribution is 5.89. The van der Waals surface area contributed by atoms with Gasteiger partial charge in [0.25, 0.3) is 5.91 Å². The molecular weight excluding hydrogens is 352 g/mol. The minimum absolute atomic E-state index is 0.0526. The highest BCUT2D eigenvalue weighted by Crippen LogP contribution is 2.22. The number of esters is 1. The van der Waals surface area contributed by atoms with Gasteiger partial charge in [0, 0.05) is 26.1 Å². The van der Waals surface area contributed by atoms with Gasteiger partial charge in [-0.15, -0.1) is 0 Å². The lowest BCUT2D eigenvalue weighted by atomic mass is 10.1. The first-order valence-electron chi connectivity index (χ1n) is 9.28. The second-order valence-electron chi connectivity index (χ2n) is 7.33.